The highest BCUT2D eigenvalue weighted by molar-refractivity contribution is 5.40. The molecule has 3 aliphatic rings. The molecule has 1 heterocycles. The van der Waals surface area contributed by atoms with Crippen LogP contribution in [0.5, 0.6) is 11.5 Å². The van der Waals surface area contributed by atoms with Crippen molar-refractivity contribution in [2.45, 2.75) is 65.3 Å². The number of benzene rings is 1. The van der Waals surface area contributed by atoms with Gasteiger partial charge in [0.05, 0.1) is 19.8 Å². The molecule has 4 heteroatoms. The molecule has 0 spiro atoms. The van der Waals surface area contributed by atoms with Gasteiger partial charge >= 0.3 is 0 Å². The second-order valence-electron chi connectivity index (χ2n) is 9.35. The van der Waals surface area contributed by atoms with Gasteiger partial charge in [-0.3, -0.25) is 0 Å². The van der Waals surface area contributed by atoms with Crippen molar-refractivity contribution in [3.05, 3.63) is 23.8 Å². The van der Waals surface area contributed by atoms with Gasteiger partial charge in [-0.15, -0.1) is 0 Å². The van der Waals surface area contributed by atoms with Crippen molar-refractivity contribution in [1.29, 1.82) is 0 Å². The lowest BCUT2D eigenvalue weighted by Crippen LogP contribution is -2.56. The third kappa shape index (κ3) is 2.82. The molecule has 2 aliphatic carbocycles. The van der Waals surface area contributed by atoms with E-state index in [-0.39, 0.29) is 17.3 Å². The van der Waals surface area contributed by atoms with E-state index in [2.05, 4.69) is 20.8 Å². The van der Waals surface area contributed by atoms with Crippen LogP contribution in [-0.2, 0) is 9.47 Å². The maximum atomic E-state index is 10.3. The number of fused-ring (bicyclic) bond motifs is 3. The molecule has 1 aromatic rings. The third-order valence-electron chi connectivity index (χ3n) is 7.53. The first-order chi connectivity index (χ1) is 12.3. The molecule has 0 amide bonds. The number of phenols is 1. The van der Waals surface area contributed by atoms with E-state index in [0.29, 0.717) is 29.3 Å². The highest BCUT2D eigenvalue weighted by Crippen LogP contribution is 2.61. The first-order valence-electron chi connectivity index (χ1n) is 9.99. The molecule has 1 N–H and O–H groups in total. The standard InChI is InChI=1S/C22H32O4/c1-21(2)10-5-11-22(3)16-13-25-20(26-18(16)8-9-19(21)22)15-7-6-14(24-4)12-17(15)23/h6-7,12,16,18-20,23H,5,8-11,13H2,1-4H3/t16-,18+,19?,20-,22+/m1/s1. The lowest BCUT2D eigenvalue weighted by molar-refractivity contribution is -0.286. The predicted molar refractivity (Wildman–Crippen MR) is 100 cm³/mol. The van der Waals surface area contributed by atoms with Crippen molar-refractivity contribution < 1.29 is 19.3 Å². The van der Waals surface area contributed by atoms with E-state index in [4.69, 9.17) is 14.2 Å². The van der Waals surface area contributed by atoms with Crippen LogP contribution in [0.1, 0.15) is 64.7 Å². The highest BCUT2D eigenvalue weighted by atomic mass is 16.7. The van der Waals surface area contributed by atoms with E-state index in [1.54, 1.807) is 13.2 Å². The van der Waals surface area contributed by atoms with Gasteiger partial charge in [0.1, 0.15) is 11.5 Å². The topological polar surface area (TPSA) is 47.9 Å². The Morgan fingerprint density at radius 1 is 1.15 bits per heavy atom. The van der Waals surface area contributed by atoms with Gasteiger partial charge in [-0.25, -0.2) is 0 Å². The highest BCUT2D eigenvalue weighted by Gasteiger charge is 2.56. The Bertz CT molecular complexity index is 670. The van der Waals surface area contributed by atoms with Gasteiger partial charge in [0.15, 0.2) is 6.29 Å². The second-order valence-corrected chi connectivity index (χ2v) is 9.35. The largest absolute Gasteiger partial charge is 0.507 e. The number of ether oxygens (including phenoxy) is 3. The molecule has 1 aliphatic heterocycles. The Morgan fingerprint density at radius 2 is 1.96 bits per heavy atom. The van der Waals surface area contributed by atoms with Crippen molar-refractivity contribution >= 4 is 0 Å². The molecule has 0 radical (unpaired) electrons. The molecule has 5 atom stereocenters. The number of hydrogen-bond acceptors (Lipinski definition) is 4. The van der Waals surface area contributed by atoms with Gasteiger partial charge in [0.25, 0.3) is 0 Å². The zero-order valence-corrected chi connectivity index (χ0v) is 16.5. The summed E-state index contributed by atoms with van der Waals surface area (Å²) in [5.74, 6) is 1.99. The van der Waals surface area contributed by atoms with Crippen molar-refractivity contribution in [3.63, 3.8) is 0 Å². The van der Waals surface area contributed by atoms with Crippen molar-refractivity contribution in [3.8, 4) is 11.5 Å². The summed E-state index contributed by atoms with van der Waals surface area (Å²) < 4.78 is 17.7. The zero-order chi connectivity index (χ0) is 18.5. The summed E-state index contributed by atoms with van der Waals surface area (Å²) in [5.41, 5.74) is 1.39. The summed E-state index contributed by atoms with van der Waals surface area (Å²) in [6.07, 6.45) is 5.94. The number of aromatic hydroxyl groups is 1. The molecule has 4 rings (SSSR count). The molecule has 0 aromatic heterocycles. The molecular weight excluding hydrogens is 328 g/mol. The lowest BCUT2D eigenvalue weighted by Gasteiger charge is -2.60. The Labute approximate surface area is 156 Å². The SMILES string of the molecule is COc1ccc([C@@H]2OC[C@@H]3[C@H](CCC4C(C)(C)CCC[C@]43C)O2)c(O)c1. The molecular formula is C22H32O4. The molecule has 2 saturated carbocycles. The van der Waals surface area contributed by atoms with E-state index in [1.807, 2.05) is 12.1 Å². The Morgan fingerprint density at radius 3 is 2.69 bits per heavy atom. The number of methoxy groups -OCH3 is 1. The normalized spacial score (nSPS) is 38.9. The summed E-state index contributed by atoms with van der Waals surface area (Å²) in [7, 11) is 1.59. The molecule has 1 aromatic carbocycles. The van der Waals surface area contributed by atoms with Crippen LogP contribution in [0, 0.1) is 22.7 Å². The van der Waals surface area contributed by atoms with E-state index in [1.165, 1.54) is 25.7 Å². The monoisotopic (exact) mass is 360 g/mol. The first kappa shape index (κ1) is 18.1. The summed E-state index contributed by atoms with van der Waals surface area (Å²) in [6, 6.07) is 5.31. The van der Waals surface area contributed by atoms with Crippen LogP contribution >= 0.6 is 0 Å². The quantitative estimate of drug-likeness (QED) is 0.801. The molecule has 0 bridgehead atoms. The fourth-order valence-electron chi connectivity index (χ4n) is 6.15. The van der Waals surface area contributed by atoms with Crippen LogP contribution in [0.4, 0.5) is 0 Å². The van der Waals surface area contributed by atoms with Gasteiger partial charge in [-0.2, -0.15) is 0 Å². The van der Waals surface area contributed by atoms with Crippen LogP contribution in [0.2, 0.25) is 0 Å². The van der Waals surface area contributed by atoms with Gasteiger partial charge in [-0.1, -0.05) is 27.2 Å². The fraction of sp³-hybridized carbons (Fsp3) is 0.727. The smallest absolute Gasteiger partial charge is 0.187 e. The Balaban J connectivity index is 1.54. The van der Waals surface area contributed by atoms with Crippen LogP contribution in [0.15, 0.2) is 18.2 Å². The van der Waals surface area contributed by atoms with E-state index < -0.39 is 6.29 Å². The van der Waals surface area contributed by atoms with Crippen LogP contribution in [-0.4, -0.2) is 24.9 Å². The van der Waals surface area contributed by atoms with Crippen molar-refractivity contribution in [1.82, 2.24) is 0 Å². The minimum atomic E-state index is -0.487. The maximum Gasteiger partial charge on any atom is 0.187 e. The van der Waals surface area contributed by atoms with Crippen molar-refractivity contribution in [2.24, 2.45) is 22.7 Å². The first-order valence-corrected chi connectivity index (χ1v) is 9.99. The summed E-state index contributed by atoms with van der Waals surface area (Å²) >= 11 is 0. The average molecular weight is 360 g/mol. The van der Waals surface area contributed by atoms with Crippen LogP contribution in [0.25, 0.3) is 0 Å². The predicted octanol–water partition coefficient (Wildman–Crippen LogP) is 5.06. The van der Waals surface area contributed by atoms with E-state index >= 15 is 0 Å². The fourth-order valence-corrected chi connectivity index (χ4v) is 6.15. The molecule has 3 fully saturated rings. The Hall–Kier alpha value is -1.26. The van der Waals surface area contributed by atoms with E-state index in [0.717, 1.165) is 12.3 Å². The van der Waals surface area contributed by atoms with Gasteiger partial charge in [-0.05, 0) is 54.6 Å². The Kier molecular flexibility index (Phi) is 4.47. The number of phenolic OH excluding ortho intramolecular Hbond substituents is 1. The summed E-state index contributed by atoms with van der Waals surface area (Å²) in [6.45, 7) is 8.06. The molecule has 26 heavy (non-hydrogen) atoms. The van der Waals surface area contributed by atoms with Gasteiger partial charge in [0, 0.05) is 17.5 Å². The van der Waals surface area contributed by atoms with Crippen molar-refractivity contribution in [2.75, 3.05) is 13.7 Å². The molecule has 144 valence electrons. The number of rotatable bonds is 2. The van der Waals surface area contributed by atoms with Crippen LogP contribution < -0.4 is 4.74 Å². The molecule has 1 unspecified atom stereocenters. The van der Waals surface area contributed by atoms with Gasteiger partial charge < -0.3 is 19.3 Å². The third-order valence-corrected chi connectivity index (χ3v) is 7.53. The zero-order valence-electron chi connectivity index (χ0n) is 16.5. The lowest BCUT2D eigenvalue weighted by atomic mass is 9.48. The molecule has 4 nitrogen and oxygen atoms in total. The molecule has 1 saturated heterocycles. The minimum Gasteiger partial charge on any atom is -0.507 e. The summed E-state index contributed by atoms with van der Waals surface area (Å²) in [5, 5.41) is 10.3. The maximum absolute atomic E-state index is 10.3. The second kappa shape index (κ2) is 6.42. The van der Waals surface area contributed by atoms with Crippen LogP contribution in [0.3, 0.4) is 0 Å². The minimum absolute atomic E-state index is 0.173. The summed E-state index contributed by atoms with van der Waals surface area (Å²) in [4.78, 5) is 0. The average Bonchev–Trinajstić information content (AvgIpc) is 2.60. The van der Waals surface area contributed by atoms with E-state index in [9.17, 15) is 5.11 Å². The number of hydrogen-bond donors (Lipinski definition) is 1. The van der Waals surface area contributed by atoms with Gasteiger partial charge in [0.2, 0.25) is 0 Å².